The van der Waals surface area contributed by atoms with E-state index in [1.807, 2.05) is 4.90 Å². The van der Waals surface area contributed by atoms with Gasteiger partial charge < -0.3 is 14.6 Å². The summed E-state index contributed by atoms with van der Waals surface area (Å²) in [6.45, 7) is 9.90. The van der Waals surface area contributed by atoms with Crippen LogP contribution in [0.2, 0.25) is 0 Å². The lowest BCUT2D eigenvalue weighted by Crippen LogP contribution is -2.47. The summed E-state index contributed by atoms with van der Waals surface area (Å²) in [6.07, 6.45) is 7.77. The van der Waals surface area contributed by atoms with Gasteiger partial charge in [0.2, 0.25) is 12.0 Å². The van der Waals surface area contributed by atoms with E-state index >= 15 is 0 Å². The summed E-state index contributed by atoms with van der Waals surface area (Å²) >= 11 is 0. The van der Waals surface area contributed by atoms with Crippen molar-refractivity contribution in [3.8, 4) is 0 Å². The zero-order chi connectivity index (χ0) is 24.7. The van der Waals surface area contributed by atoms with Crippen LogP contribution in [0.3, 0.4) is 0 Å². The van der Waals surface area contributed by atoms with Crippen molar-refractivity contribution < 1.29 is 19.1 Å². The number of esters is 1. The van der Waals surface area contributed by atoms with Gasteiger partial charge in [0.1, 0.15) is 6.61 Å². The van der Waals surface area contributed by atoms with Crippen LogP contribution in [0.4, 0.5) is 0 Å². The molecule has 0 fully saturated rings. The van der Waals surface area contributed by atoms with Crippen LogP contribution in [0.1, 0.15) is 25.0 Å². The predicted molar refractivity (Wildman–Crippen MR) is 132 cm³/mol. The van der Waals surface area contributed by atoms with Gasteiger partial charge in [-0.05, 0) is 50.1 Å². The average Bonchev–Trinajstić information content (AvgIpc) is 3.27. The maximum Gasteiger partial charge on any atom is 0.330 e. The number of benzene rings is 1. The fraction of sp³-hybridized carbons (Fsp3) is 0.423. The molecular weight excluding hydrogens is 432 g/mol. The molecule has 0 radical (unpaired) electrons. The van der Waals surface area contributed by atoms with E-state index in [9.17, 15) is 14.4 Å². The third kappa shape index (κ3) is 5.35. The van der Waals surface area contributed by atoms with Crippen molar-refractivity contribution in [2.45, 2.75) is 26.3 Å². The van der Waals surface area contributed by atoms with Crippen molar-refractivity contribution in [3.63, 3.8) is 0 Å². The summed E-state index contributed by atoms with van der Waals surface area (Å²) in [5.41, 5.74) is 5.21. The topological polar surface area (TPSA) is 95.1 Å². The predicted octanol–water partition coefficient (Wildman–Crippen LogP) is 2.96. The second-order valence-electron chi connectivity index (χ2n) is 8.29. The van der Waals surface area contributed by atoms with Gasteiger partial charge in [0.25, 0.3) is 0 Å². The molecule has 2 aliphatic rings. The number of carbonyl (C=O) groups excluding carboxylic acids is 3. The highest BCUT2D eigenvalue weighted by Crippen LogP contribution is 2.40. The number of nitrogens with one attached hydrogen (secondary N) is 1. The molecule has 1 aliphatic carbocycles. The van der Waals surface area contributed by atoms with E-state index in [2.05, 4.69) is 77.6 Å². The van der Waals surface area contributed by atoms with Crippen LogP contribution >= 0.6 is 0 Å². The van der Waals surface area contributed by atoms with E-state index in [-0.39, 0.29) is 25.0 Å². The minimum atomic E-state index is -0.513. The van der Waals surface area contributed by atoms with Crippen LogP contribution < -0.4 is 0 Å². The Hall–Kier alpha value is -3.48. The van der Waals surface area contributed by atoms with Gasteiger partial charge in [0, 0.05) is 48.9 Å². The van der Waals surface area contributed by atoms with Crippen molar-refractivity contribution >= 4 is 34.4 Å². The number of likely N-dealkylation sites (N-methyl/N-ethyl adjacent to an activating group) is 1. The first-order valence-corrected chi connectivity index (χ1v) is 11.6. The van der Waals surface area contributed by atoms with Crippen molar-refractivity contribution in [2.75, 3.05) is 39.8 Å². The lowest BCUT2D eigenvalue weighted by Gasteiger charge is -2.40. The summed E-state index contributed by atoms with van der Waals surface area (Å²) in [7, 11) is 2.15. The molecule has 0 saturated carbocycles. The molecule has 4 rings (SSSR count). The Morgan fingerprint density at radius 1 is 1.35 bits per heavy atom. The van der Waals surface area contributed by atoms with E-state index in [1.165, 1.54) is 33.7 Å². The standard InChI is InChI=1S/C20H25N3O.C6H7NO3/c1-4-23(5-2)20(24)14-9-16-15-7-6-8-17-19(15)13(11-21-17)10-18(16)22(3)12-14;1-2-6(9)10-4-3-7-5-8/h6-9,11,14,18,21H,4-5,10,12H2,1-3H3;2H,1,3-4H2/t14-,18-;/m1./s1. The first-order valence-electron chi connectivity index (χ1n) is 11.6. The van der Waals surface area contributed by atoms with Crippen molar-refractivity contribution in [3.05, 3.63) is 54.3 Å². The second-order valence-corrected chi connectivity index (χ2v) is 8.29. The smallest absolute Gasteiger partial charge is 0.330 e. The number of H-pyrrole nitrogens is 1. The van der Waals surface area contributed by atoms with E-state index in [4.69, 9.17) is 0 Å². The largest absolute Gasteiger partial charge is 0.461 e. The molecular formula is C26H32N4O4. The number of carbonyl (C=O) groups is 2. The average molecular weight is 465 g/mol. The summed E-state index contributed by atoms with van der Waals surface area (Å²) in [5.74, 6) is -0.303. The van der Waals surface area contributed by atoms with Crippen molar-refractivity contribution in [1.82, 2.24) is 14.8 Å². The third-order valence-electron chi connectivity index (χ3n) is 6.34. The summed E-state index contributed by atoms with van der Waals surface area (Å²) in [5, 5.41) is 1.34. The van der Waals surface area contributed by atoms with Gasteiger partial charge in [-0.25, -0.2) is 14.6 Å². The third-order valence-corrected chi connectivity index (χ3v) is 6.34. The number of hydrogen-bond donors (Lipinski definition) is 1. The van der Waals surface area contributed by atoms with Gasteiger partial charge in [0.15, 0.2) is 0 Å². The minimum absolute atomic E-state index is 0.0445. The number of isocyanates is 1. The summed E-state index contributed by atoms with van der Waals surface area (Å²) in [6, 6.07) is 6.82. The fourth-order valence-corrected chi connectivity index (χ4v) is 4.67. The normalized spacial score (nSPS) is 18.5. The Morgan fingerprint density at radius 3 is 2.79 bits per heavy atom. The van der Waals surface area contributed by atoms with Crippen LogP contribution in [0.15, 0.2) is 48.1 Å². The van der Waals surface area contributed by atoms with Crippen LogP contribution in [0, 0.1) is 5.92 Å². The number of nitrogens with zero attached hydrogens (tertiary/aromatic N) is 3. The Balaban J connectivity index is 0.000000277. The van der Waals surface area contributed by atoms with Gasteiger partial charge in [-0.2, -0.15) is 0 Å². The monoisotopic (exact) mass is 464 g/mol. The Morgan fingerprint density at radius 2 is 2.12 bits per heavy atom. The molecule has 0 spiro atoms. The maximum absolute atomic E-state index is 12.9. The number of aliphatic imine (C=N–C) groups is 1. The number of aromatic amines is 1. The molecule has 34 heavy (non-hydrogen) atoms. The molecule has 1 aromatic heterocycles. The number of amides is 1. The Labute approximate surface area is 200 Å². The van der Waals surface area contributed by atoms with Gasteiger partial charge in [0.05, 0.1) is 12.5 Å². The SMILES string of the molecule is C=CC(=O)OCCN=C=O.CCN(CC)C(=O)[C@@H]1C=C2c3cccc4[nH]cc(c34)C[C@H]2N(C)C1. The molecule has 0 saturated heterocycles. The molecule has 180 valence electrons. The van der Waals surface area contributed by atoms with E-state index in [1.54, 1.807) is 0 Å². The number of aromatic nitrogens is 1. The summed E-state index contributed by atoms with van der Waals surface area (Å²) < 4.78 is 4.46. The molecule has 8 heteroatoms. The minimum Gasteiger partial charge on any atom is -0.461 e. The Kier molecular flexibility index (Phi) is 8.57. The number of hydrogen-bond acceptors (Lipinski definition) is 6. The van der Waals surface area contributed by atoms with Crippen LogP contribution in [-0.4, -0.2) is 78.6 Å². The Bertz CT molecular complexity index is 1130. The second kappa shape index (κ2) is 11.6. The quantitative estimate of drug-likeness (QED) is 0.224. The highest BCUT2D eigenvalue weighted by atomic mass is 16.5. The van der Waals surface area contributed by atoms with Crippen LogP contribution in [0.25, 0.3) is 16.5 Å². The first-order chi connectivity index (χ1) is 16.4. The molecule has 8 nitrogen and oxygen atoms in total. The van der Waals surface area contributed by atoms with Gasteiger partial charge >= 0.3 is 5.97 Å². The lowest BCUT2D eigenvalue weighted by molar-refractivity contribution is -0.137. The highest BCUT2D eigenvalue weighted by molar-refractivity contribution is 5.99. The molecule has 2 aromatic rings. The highest BCUT2D eigenvalue weighted by Gasteiger charge is 2.36. The van der Waals surface area contributed by atoms with Gasteiger partial charge in [-0.15, -0.1) is 0 Å². The van der Waals surface area contributed by atoms with Crippen molar-refractivity contribution in [2.24, 2.45) is 10.9 Å². The zero-order valence-corrected chi connectivity index (χ0v) is 20.0. The molecule has 1 aromatic carbocycles. The zero-order valence-electron chi connectivity index (χ0n) is 20.0. The van der Waals surface area contributed by atoms with Gasteiger partial charge in [-0.1, -0.05) is 24.8 Å². The van der Waals surface area contributed by atoms with E-state index < -0.39 is 5.97 Å². The molecule has 2 atom stereocenters. The number of fused-ring (bicyclic) bond motifs is 2. The molecule has 1 aliphatic heterocycles. The lowest BCUT2D eigenvalue weighted by atomic mass is 9.79. The van der Waals surface area contributed by atoms with Crippen LogP contribution in [-0.2, 0) is 25.5 Å². The maximum atomic E-state index is 12.9. The molecule has 1 amide bonds. The summed E-state index contributed by atoms with van der Waals surface area (Å²) in [4.78, 5) is 43.5. The van der Waals surface area contributed by atoms with Crippen molar-refractivity contribution in [1.29, 1.82) is 0 Å². The van der Waals surface area contributed by atoms with E-state index in [0.29, 0.717) is 6.04 Å². The molecule has 0 unspecified atom stereocenters. The fourth-order valence-electron chi connectivity index (χ4n) is 4.67. The molecule has 1 N–H and O–H groups in total. The van der Waals surface area contributed by atoms with E-state index in [0.717, 1.165) is 32.1 Å². The molecule has 2 heterocycles. The van der Waals surface area contributed by atoms with Gasteiger partial charge in [-0.3, -0.25) is 9.69 Å². The van der Waals surface area contributed by atoms with Crippen LogP contribution in [0.5, 0.6) is 0 Å². The number of ether oxygens (including phenoxy) is 1. The first kappa shape index (κ1) is 25.1. The molecule has 0 bridgehead atoms. The number of rotatable bonds is 7.